The number of rotatable bonds is 6. The molecule has 36 heavy (non-hydrogen) atoms. The summed E-state index contributed by atoms with van der Waals surface area (Å²) in [4.78, 5) is 30.6. The summed E-state index contributed by atoms with van der Waals surface area (Å²) in [5.74, 6) is 0.810. The Bertz CT molecular complexity index is 1350. The number of thiocarbonyl (C=S) groups is 1. The van der Waals surface area contributed by atoms with Crippen molar-refractivity contribution in [2.45, 2.75) is 45.3 Å². The molecule has 1 atom stereocenters. The number of benzene rings is 2. The van der Waals surface area contributed by atoms with Crippen LogP contribution in [0.2, 0.25) is 0 Å². The average molecular weight is 520 g/mol. The number of thioether (sulfide) groups is 1. The fourth-order valence-corrected chi connectivity index (χ4v) is 6.16. The van der Waals surface area contributed by atoms with Gasteiger partial charge in [0, 0.05) is 35.2 Å². The number of carbonyl (C=O) groups is 2. The summed E-state index contributed by atoms with van der Waals surface area (Å²) in [5, 5.41) is 1.01. The van der Waals surface area contributed by atoms with Gasteiger partial charge in [-0.1, -0.05) is 54.3 Å². The van der Waals surface area contributed by atoms with Crippen molar-refractivity contribution >= 4 is 57.1 Å². The van der Waals surface area contributed by atoms with Crippen molar-refractivity contribution in [2.75, 3.05) is 13.7 Å². The standard InChI is InChI=1S/C28H29N3O3S2/c1-19-7-5-6-14-30(19)26(32)18-29-17-21(23-8-3-4-9-24(23)29)15-25-27(33)31(28(35)36-25)16-20-10-12-22(34-2)13-11-20/h3-4,8-13,15,17,19H,5-7,14,16,18H2,1-2H3/b25-15-/t19-/m0/s1. The molecule has 0 unspecified atom stereocenters. The minimum absolute atomic E-state index is 0.101. The van der Waals surface area contributed by atoms with Gasteiger partial charge >= 0.3 is 0 Å². The fraction of sp³-hybridized carbons (Fsp3) is 0.321. The first kappa shape index (κ1) is 24.6. The molecule has 6 nitrogen and oxygen atoms in total. The predicted molar refractivity (Wildman–Crippen MR) is 149 cm³/mol. The van der Waals surface area contributed by atoms with Crippen molar-refractivity contribution in [3.05, 3.63) is 70.8 Å². The highest BCUT2D eigenvalue weighted by molar-refractivity contribution is 8.26. The van der Waals surface area contributed by atoms with Crippen molar-refractivity contribution in [1.82, 2.24) is 14.4 Å². The van der Waals surface area contributed by atoms with E-state index in [9.17, 15) is 9.59 Å². The smallest absolute Gasteiger partial charge is 0.266 e. The highest BCUT2D eigenvalue weighted by Crippen LogP contribution is 2.35. The van der Waals surface area contributed by atoms with Gasteiger partial charge in [-0.15, -0.1) is 0 Å². The second-order valence-corrected chi connectivity index (χ2v) is 11.0. The van der Waals surface area contributed by atoms with Crippen LogP contribution in [0.25, 0.3) is 17.0 Å². The van der Waals surface area contributed by atoms with E-state index in [2.05, 4.69) is 6.92 Å². The number of piperidine rings is 1. The zero-order valence-electron chi connectivity index (χ0n) is 20.5. The molecule has 3 heterocycles. The van der Waals surface area contributed by atoms with Crippen LogP contribution in [0.5, 0.6) is 5.75 Å². The van der Waals surface area contributed by atoms with Crippen LogP contribution in [0.15, 0.2) is 59.6 Å². The predicted octanol–water partition coefficient (Wildman–Crippen LogP) is 5.45. The normalized spacial score (nSPS) is 19.5. The molecule has 5 rings (SSSR count). The molecule has 0 bridgehead atoms. The quantitative estimate of drug-likeness (QED) is 0.320. The first-order valence-corrected chi connectivity index (χ1v) is 13.4. The number of nitrogens with zero attached hydrogens (tertiary/aromatic N) is 3. The topological polar surface area (TPSA) is 54.8 Å². The molecule has 2 aliphatic rings. The summed E-state index contributed by atoms with van der Waals surface area (Å²) in [6.45, 7) is 3.65. The van der Waals surface area contributed by atoms with Crippen LogP contribution in [-0.4, -0.2) is 50.2 Å². The van der Waals surface area contributed by atoms with Crippen LogP contribution >= 0.6 is 24.0 Å². The van der Waals surface area contributed by atoms with Crippen molar-refractivity contribution in [2.24, 2.45) is 0 Å². The summed E-state index contributed by atoms with van der Waals surface area (Å²) < 4.78 is 7.76. The van der Waals surface area contributed by atoms with E-state index in [4.69, 9.17) is 17.0 Å². The summed E-state index contributed by atoms with van der Waals surface area (Å²) in [7, 11) is 1.63. The Morgan fingerprint density at radius 2 is 1.94 bits per heavy atom. The van der Waals surface area contributed by atoms with Crippen molar-refractivity contribution < 1.29 is 14.3 Å². The van der Waals surface area contributed by atoms with E-state index in [1.165, 1.54) is 18.2 Å². The first-order valence-electron chi connectivity index (χ1n) is 12.2. The zero-order chi connectivity index (χ0) is 25.2. The molecular weight excluding hydrogens is 490 g/mol. The number of carbonyl (C=O) groups excluding carboxylic acids is 2. The lowest BCUT2D eigenvalue weighted by Crippen LogP contribution is -2.43. The van der Waals surface area contributed by atoms with Crippen molar-refractivity contribution in [3.63, 3.8) is 0 Å². The molecule has 0 spiro atoms. The molecular formula is C28H29N3O3S2. The Morgan fingerprint density at radius 3 is 2.69 bits per heavy atom. The fourth-order valence-electron chi connectivity index (χ4n) is 4.92. The van der Waals surface area contributed by atoms with E-state index in [-0.39, 0.29) is 24.4 Å². The number of methoxy groups -OCH3 is 1. The molecule has 2 fully saturated rings. The molecule has 2 aromatic carbocycles. The zero-order valence-corrected chi connectivity index (χ0v) is 22.1. The monoisotopic (exact) mass is 519 g/mol. The minimum Gasteiger partial charge on any atom is -0.497 e. The lowest BCUT2D eigenvalue weighted by Gasteiger charge is -2.33. The molecule has 2 amide bonds. The molecule has 3 aromatic rings. The Kier molecular flexibility index (Phi) is 7.16. The maximum Gasteiger partial charge on any atom is 0.266 e. The summed E-state index contributed by atoms with van der Waals surface area (Å²) in [5.41, 5.74) is 2.88. The van der Waals surface area contributed by atoms with Crippen LogP contribution < -0.4 is 4.74 Å². The minimum atomic E-state index is -0.101. The van der Waals surface area contributed by atoms with E-state index >= 15 is 0 Å². The molecule has 1 aromatic heterocycles. The van der Waals surface area contributed by atoms with Crippen molar-refractivity contribution in [3.8, 4) is 5.75 Å². The van der Waals surface area contributed by atoms with Gasteiger partial charge in [0.2, 0.25) is 5.91 Å². The average Bonchev–Trinajstić information content (AvgIpc) is 3.36. The van der Waals surface area contributed by atoms with Gasteiger partial charge in [0.1, 0.15) is 16.6 Å². The number of hydrogen-bond acceptors (Lipinski definition) is 5. The van der Waals surface area contributed by atoms with Crippen LogP contribution in [0, 0.1) is 0 Å². The van der Waals surface area contributed by atoms with E-state index < -0.39 is 0 Å². The molecule has 186 valence electrons. The van der Waals surface area contributed by atoms with Gasteiger partial charge in [-0.25, -0.2) is 0 Å². The van der Waals surface area contributed by atoms with Crippen LogP contribution in [0.3, 0.4) is 0 Å². The number of amides is 2. The van der Waals surface area contributed by atoms with Gasteiger partial charge in [0.25, 0.3) is 5.91 Å². The van der Waals surface area contributed by atoms with E-state index in [1.54, 1.807) is 12.0 Å². The number of fused-ring (bicyclic) bond motifs is 1. The molecule has 8 heteroatoms. The Balaban J connectivity index is 1.39. The molecule has 0 aliphatic carbocycles. The van der Waals surface area contributed by atoms with Gasteiger partial charge < -0.3 is 14.2 Å². The summed E-state index contributed by atoms with van der Waals surface area (Å²) >= 11 is 6.87. The maximum absolute atomic E-state index is 13.3. The first-order chi connectivity index (χ1) is 17.4. The molecule has 2 saturated heterocycles. The number of ether oxygens (including phenoxy) is 1. The second-order valence-electron chi connectivity index (χ2n) is 9.28. The van der Waals surface area contributed by atoms with Crippen LogP contribution in [0.1, 0.15) is 37.3 Å². The van der Waals surface area contributed by atoms with Gasteiger partial charge in [0.15, 0.2) is 0 Å². The van der Waals surface area contributed by atoms with Crippen LogP contribution in [-0.2, 0) is 22.7 Å². The van der Waals surface area contributed by atoms with Crippen molar-refractivity contribution in [1.29, 1.82) is 0 Å². The lowest BCUT2D eigenvalue weighted by molar-refractivity contribution is -0.135. The van der Waals surface area contributed by atoms with Crippen LogP contribution in [0.4, 0.5) is 0 Å². The van der Waals surface area contributed by atoms with E-state index in [0.717, 1.165) is 47.2 Å². The molecule has 2 aliphatic heterocycles. The number of aromatic nitrogens is 1. The largest absolute Gasteiger partial charge is 0.497 e. The third kappa shape index (κ3) is 4.92. The van der Waals surface area contributed by atoms with Gasteiger partial charge in [-0.2, -0.15) is 0 Å². The number of likely N-dealkylation sites (tertiary alicyclic amines) is 1. The summed E-state index contributed by atoms with van der Waals surface area (Å²) in [6, 6.07) is 15.9. The third-order valence-electron chi connectivity index (χ3n) is 6.91. The highest BCUT2D eigenvalue weighted by Gasteiger charge is 2.32. The third-order valence-corrected chi connectivity index (χ3v) is 8.29. The summed E-state index contributed by atoms with van der Waals surface area (Å²) in [6.07, 6.45) is 7.18. The molecule has 0 radical (unpaired) electrons. The van der Waals surface area contributed by atoms with E-state index in [1.807, 2.05) is 70.3 Å². The number of para-hydroxylation sites is 1. The lowest BCUT2D eigenvalue weighted by atomic mass is 10.0. The highest BCUT2D eigenvalue weighted by atomic mass is 32.2. The van der Waals surface area contributed by atoms with Gasteiger partial charge in [0.05, 0.1) is 18.6 Å². The maximum atomic E-state index is 13.3. The van der Waals surface area contributed by atoms with Gasteiger partial charge in [-0.3, -0.25) is 14.5 Å². The molecule has 0 saturated carbocycles. The van der Waals surface area contributed by atoms with Gasteiger partial charge in [-0.05, 0) is 56.0 Å². The second kappa shape index (κ2) is 10.5. The Labute approximate surface area is 220 Å². The van der Waals surface area contributed by atoms with E-state index in [0.29, 0.717) is 15.8 Å². The Hall–Kier alpha value is -3.10. The Morgan fingerprint density at radius 1 is 1.17 bits per heavy atom. The molecule has 0 N–H and O–H groups in total. The SMILES string of the molecule is COc1ccc(CN2C(=O)/C(=C/c3cn(CC(=O)N4CCCC[C@@H]4C)c4ccccc34)SC2=S)cc1. The number of hydrogen-bond donors (Lipinski definition) is 0.